The molecule has 0 saturated heterocycles. The van der Waals surface area contributed by atoms with Gasteiger partial charge in [-0.05, 0) is 31.4 Å². The second kappa shape index (κ2) is 6.92. The Kier molecular flexibility index (Phi) is 4.98. The summed E-state index contributed by atoms with van der Waals surface area (Å²) in [6, 6.07) is 7.49. The molecule has 2 aromatic rings. The SMILES string of the molecule is COC(=O)[C@H](C)NC(=O)CCCc1c[nH]c2ccccc12. The Morgan fingerprint density at radius 1 is 1.33 bits per heavy atom. The Morgan fingerprint density at radius 3 is 2.86 bits per heavy atom. The topological polar surface area (TPSA) is 71.2 Å². The lowest BCUT2D eigenvalue weighted by atomic mass is 10.1. The Hall–Kier alpha value is -2.30. The third kappa shape index (κ3) is 3.84. The minimum Gasteiger partial charge on any atom is -0.467 e. The zero-order chi connectivity index (χ0) is 15.2. The van der Waals surface area contributed by atoms with E-state index in [1.807, 2.05) is 24.4 Å². The van der Waals surface area contributed by atoms with E-state index in [0.717, 1.165) is 18.4 Å². The third-order valence-electron chi connectivity index (χ3n) is 3.46. The average molecular weight is 288 g/mol. The summed E-state index contributed by atoms with van der Waals surface area (Å²) >= 11 is 0. The summed E-state index contributed by atoms with van der Waals surface area (Å²) in [5.41, 5.74) is 2.32. The largest absolute Gasteiger partial charge is 0.467 e. The molecule has 0 aliphatic heterocycles. The van der Waals surface area contributed by atoms with E-state index in [1.165, 1.54) is 18.1 Å². The number of carbonyl (C=O) groups excluding carboxylic acids is 2. The molecule has 0 spiro atoms. The Balaban J connectivity index is 1.81. The Bertz CT molecular complexity index is 633. The number of fused-ring (bicyclic) bond motifs is 1. The molecule has 1 amide bonds. The van der Waals surface area contributed by atoms with Gasteiger partial charge in [0, 0.05) is 23.5 Å². The molecule has 0 saturated carbocycles. The number of ether oxygens (including phenoxy) is 1. The van der Waals surface area contributed by atoms with Crippen LogP contribution in [0.1, 0.15) is 25.3 Å². The van der Waals surface area contributed by atoms with Crippen molar-refractivity contribution in [3.8, 4) is 0 Å². The number of benzene rings is 1. The van der Waals surface area contributed by atoms with Gasteiger partial charge in [-0.1, -0.05) is 18.2 Å². The predicted molar refractivity (Wildman–Crippen MR) is 80.9 cm³/mol. The van der Waals surface area contributed by atoms with E-state index in [9.17, 15) is 9.59 Å². The molecule has 21 heavy (non-hydrogen) atoms. The third-order valence-corrected chi connectivity index (χ3v) is 3.46. The Labute approximate surface area is 123 Å². The molecule has 0 aliphatic carbocycles. The van der Waals surface area contributed by atoms with Gasteiger partial charge in [-0.25, -0.2) is 4.79 Å². The number of carbonyl (C=O) groups is 2. The highest BCUT2D eigenvalue weighted by molar-refractivity contribution is 5.84. The van der Waals surface area contributed by atoms with Crippen molar-refractivity contribution in [2.24, 2.45) is 0 Å². The van der Waals surface area contributed by atoms with Crippen molar-refractivity contribution >= 4 is 22.8 Å². The normalized spacial score (nSPS) is 12.1. The summed E-state index contributed by atoms with van der Waals surface area (Å²) in [4.78, 5) is 26.2. The number of hydrogen-bond acceptors (Lipinski definition) is 3. The van der Waals surface area contributed by atoms with E-state index in [2.05, 4.69) is 21.1 Å². The number of amides is 1. The van der Waals surface area contributed by atoms with Crippen molar-refractivity contribution in [1.82, 2.24) is 10.3 Å². The molecule has 0 radical (unpaired) electrons. The van der Waals surface area contributed by atoms with Crippen molar-refractivity contribution in [3.05, 3.63) is 36.0 Å². The maximum absolute atomic E-state index is 11.7. The van der Waals surface area contributed by atoms with Crippen molar-refractivity contribution in [3.63, 3.8) is 0 Å². The molecule has 2 N–H and O–H groups in total. The summed E-state index contributed by atoms with van der Waals surface area (Å²) in [5.74, 6) is -0.562. The van der Waals surface area contributed by atoms with Crippen molar-refractivity contribution < 1.29 is 14.3 Å². The van der Waals surface area contributed by atoms with E-state index < -0.39 is 12.0 Å². The van der Waals surface area contributed by atoms with Crippen LogP contribution in [0.3, 0.4) is 0 Å². The lowest BCUT2D eigenvalue weighted by Gasteiger charge is -2.11. The maximum Gasteiger partial charge on any atom is 0.328 e. The van der Waals surface area contributed by atoms with Gasteiger partial charge in [0.15, 0.2) is 0 Å². The number of aromatic nitrogens is 1. The summed E-state index contributed by atoms with van der Waals surface area (Å²) < 4.78 is 4.57. The van der Waals surface area contributed by atoms with Crippen LogP contribution in [0, 0.1) is 0 Å². The molecule has 0 unspecified atom stereocenters. The van der Waals surface area contributed by atoms with Crippen LogP contribution in [-0.2, 0) is 20.7 Å². The number of methoxy groups -OCH3 is 1. The number of para-hydroxylation sites is 1. The van der Waals surface area contributed by atoms with Gasteiger partial charge in [-0.3, -0.25) is 4.79 Å². The fourth-order valence-electron chi connectivity index (χ4n) is 2.33. The maximum atomic E-state index is 11.7. The van der Waals surface area contributed by atoms with E-state index in [-0.39, 0.29) is 5.91 Å². The van der Waals surface area contributed by atoms with Gasteiger partial charge >= 0.3 is 5.97 Å². The molecule has 1 atom stereocenters. The van der Waals surface area contributed by atoms with E-state index in [1.54, 1.807) is 6.92 Å². The fraction of sp³-hybridized carbons (Fsp3) is 0.375. The number of hydrogen-bond donors (Lipinski definition) is 2. The first kappa shape index (κ1) is 15.1. The van der Waals surface area contributed by atoms with E-state index >= 15 is 0 Å². The summed E-state index contributed by atoms with van der Waals surface area (Å²) in [6.07, 6.45) is 3.94. The summed E-state index contributed by atoms with van der Waals surface area (Å²) in [7, 11) is 1.31. The average Bonchev–Trinajstić information content (AvgIpc) is 2.90. The van der Waals surface area contributed by atoms with Crippen LogP contribution in [0.4, 0.5) is 0 Å². The molecule has 5 heteroatoms. The number of esters is 1. The fourth-order valence-corrected chi connectivity index (χ4v) is 2.33. The highest BCUT2D eigenvalue weighted by Gasteiger charge is 2.15. The van der Waals surface area contributed by atoms with Crippen LogP contribution in [0.5, 0.6) is 0 Å². The van der Waals surface area contributed by atoms with Gasteiger partial charge in [0.05, 0.1) is 7.11 Å². The van der Waals surface area contributed by atoms with Gasteiger partial charge < -0.3 is 15.0 Å². The number of nitrogens with one attached hydrogen (secondary N) is 2. The molecule has 112 valence electrons. The first-order valence-electron chi connectivity index (χ1n) is 7.04. The second-order valence-corrected chi connectivity index (χ2v) is 5.03. The smallest absolute Gasteiger partial charge is 0.328 e. The highest BCUT2D eigenvalue weighted by atomic mass is 16.5. The first-order valence-corrected chi connectivity index (χ1v) is 7.04. The lowest BCUT2D eigenvalue weighted by Crippen LogP contribution is -2.39. The predicted octanol–water partition coefficient (Wildman–Crippen LogP) is 2.17. The van der Waals surface area contributed by atoms with Gasteiger partial charge in [-0.15, -0.1) is 0 Å². The van der Waals surface area contributed by atoms with Crippen molar-refractivity contribution in [1.29, 1.82) is 0 Å². The monoisotopic (exact) mass is 288 g/mol. The van der Waals surface area contributed by atoms with Crippen molar-refractivity contribution in [2.75, 3.05) is 7.11 Å². The molecule has 0 aliphatic rings. The number of H-pyrrole nitrogens is 1. The first-order chi connectivity index (χ1) is 10.1. The minimum atomic E-state index is -0.601. The second-order valence-electron chi connectivity index (χ2n) is 5.03. The molecule has 1 aromatic carbocycles. The highest BCUT2D eigenvalue weighted by Crippen LogP contribution is 2.19. The van der Waals surface area contributed by atoms with Crippen LogP contribution in [0.25, 0.3) is 10.9 Å². The molecular formula is C16H20N2O3. The molecule has 2 rings (SSSR count). The summed E-state index contributed by atoms with van der Waals surface area (Å²) in [6.45, 7) is 1.61. The standard InChI is InChI=1S/C16H20N2O3/c1-11(16(20)21-2)18-15(19)9-5-6-12-10-17-14-8-4-3-7-13(12)14/h3-4,7-8,10-11,17H,5-6,9H2,1-2H3,(H,18,19)/t11-/m0/s1. The number of aryl methyl sites for hydroxylation is 1. The van der Waals surface area contributed by atoms with Crippen LogP contribution < -0.4 is 5.32 Å². The van der Waals surface area contributed by atoms with Gasteiger partial charge in [0.25, 0.3) is 0 Å². The molecule has 5 nitrogen and oxygen atoms in total. The van der Waals surface area contributed by atoms with Crippen molar-refractivity contribution in [2.45, 2.75) is 32.2 Å². The molecule has 1 aromatic heterocycles. The van der Waals surface area contributed by atoms with Crippen LogP contribution in [0.15, 0.2) is 30.5 Å². The van der Waals surface area contributed by atoms with E-state index in [0.29, 0.717) is 6.42 Å². The molecule has 1 heterocycles. The van der Waals surface area contributed by atoms with Gasteiger partial charge in [-0.2, -0.15) is 0 Å². The Morgan fingerprint density at radius 2 is 2.10 bits per heavy atom. The van der Waals surface area contributed by atoms with Gasteiger partial charge in [0.1, 0.15) is 6.04 Å². The van der Waals surface area contributed by atoms with Crippen LogP contribution in [0.2, 0.25) is 0 Å². The van der Waals surface area contributed by atoms with Crippen LogP contribution >= 0.6 is 0 Å². The molecule has 0 fully saturated rings. The van der Waals surface area contributed by atoms with Gasteiger partial charge in [0.2, 0.25) is 5.91 Å². The lowest BCUT2D eigenvalue weighted by molar-refractivity contribution is -0.144. The minimum absolute atomic E-state index is 0.132. The molecule has 0 bridgehead atoms. The van der Waals surface area contributed by atoms with E-state index in [4.69, 9.17) is 0 Å². The number of rotatable bonds is 6. The van der Waals surface area contributed by atoms with Crippen LogP contribution in [-0.4, -0.2) is 30.0 Å². The summed E-state index contributed by atoms with van der Waals surface area (Å²) in [5, 5.41) is 3.82. The quantitative estimate of drug-likeness (QED) is 0.800. The zero-order valence-electron chi connectivity index (χ0n) is 12.3. The molecular weight excluding hydrogens is 268 g/mol. The number of aromatic amines is 1. The zero-order valence-corrected chi connectivity index (χ0v) is 12.3.